The Bertz CT molecular complexity index is 2700. The molecule has 5 nitrogen and oxygen atoms in total. The maximum absolute atomic E-state index is 6.38. The summed E-state index contributed by atoms with van der Waals surface area (Å²) in [4.78, 5) is 6.47. The van der Waals surface area contributed by atoms with Crippen LogP contribution in [0.5, 0.6) is 23.0 Å². The zero-order valence-electron chi connectivity index (χ0n) is 28.1. The largest absolute Gasteiger partial charge is 0.457 e. The van der Waals surface area contributed by atoms with Crippen molar-refractivity contribution in [1.82, 2.24) is 9.55 Å². The molecule has 7 aromatic carbocycles. The van der Waals surface area contributed by atoms with Gasteiger partial charge in [0.15, 0.2) is 11.5 Å². The average molecular weight is 670 g/mol. The zero-order chi connectivity index (χ0) is 34.4. The van der Waals surface area contributed by atoms with Crippen molar-refractivity contribution in [1.29, 1.82) is 0 Å². The van der Waals surface area contributed by atoms with Gasteiger partial charge >= 0.3 is 0 Å². The molecule has 0 bridgehead atoms. The Morgan fingerprint density at radius 1 is 0.481 bits per heavy atom. The summed E-state index contributed by atoms with van der Waals surface area (Å²) in [5.74, 6) is 3.33. The molecule has 0 atom stereocenters. The molecule has 246 valence electrons. The number of aromatic nitrogens is 2. The molecule has 0 N–H and O–H groups in total. The summed E-state index contributed by atoms with van der Waals surface area (Å²) >= 11 is 0. The van der Waals surface area contributed by atoms with Crippen LogP contribution >= 0.6 is 0 Å². The first-order chi connectivity index (χ1) is 25.8. The third-order valence-electron chi connectivity index (χ3n) is 9.75. The molecule has 0 saturated heterocycles. The predicted molar refractivity (Wildman–Crippen MR) is 211 cm³/mol. The Morgan fingerprint density at radius 3 is 1.83 bits per heavy atom. The Labute approximate surface area is 301 Å². The number of anilines is 3. The number of nitrogens with zero attached hydrogens (tertiary/aromatic N) is 3. The van der Waals surface area contributed by atoms with E-state index in [1.54, 1.807) is 0 Å². The molecule has 0 saturated carbocycles. The fraction of sp³-hybridized carbons (Fsp3) is 0. The van der Waals surface area contributed by atoms with Gasteiger partial charge in [-0.2, -0.15) is 0 Å². The highest BCUT2D eigenvalue weighted by atomic mass is 16.5. The molecular weight excluding hydrogens is 639 g/mol. The first-order valence-electron chi connectivity index (χ1n) is 17.4. The molecule has 10 rings (SSSR count). The van der Waals surface area contributed by atoms with Crippen LogP contribution < -0.4 is 14.4 Å². The van der Waals surface area contributed by atoms with Crippen molar-refractivity contribution in [3.63, 3.8) is 0 Å². The van der Waals surface area contributed by atoms with Crippen LogP contribution in [0.4, 0.5) is 17.1 Å². The molecule has 0 unspecified atom stereocenters. The standard InChI is InChI=1S/C47H31N3O2/c1-2-8-38(9-3-1)51-39-26-24-37(25-27-39)49(35-20-16-32(17-21-35)33-28-30-48-31-29-33)36-22-18-34(19-23-36)40-10-6-13-43-46(40)41-11-7-15-45-47(41)50(43)42-12-4-5-14-44(42)52-45/h1-31H. The first kappa shape index (κ1) is 29.8. The topological polar surface area (TPSA) is 39.5 Å². The van der Waals surface area contributed by atoms with Gasteiger partial charge in [0, 0.05) is 40.2 Å². The minimum Gasteiger partial charge on any atom is -0.457 e. The highest BCUT2D eigenvalue weighted by Gasteiger charge is 2.25. The molecule has 1 aliphatic heterocycles. The highest BCUT2D eigenvalue weighted by Crippen LogP contribution is 2.47. The summed E-state index contributed by atoms with van der Waals surface area (Å²) in [7, 11) is 0. The van der Waals surface area contributed by atoms with Crippen molar-refractivity contribution in [2.45, 2.75) is 0 Å². The van der Waals surface area contributed by atoms with Gasteiger partial charge in [-0.05, 0) is 119 Å². The third kappa shape index (κ3) is 5.07. The minimum absolute atomic E-state index is 0.783. The number of hydrogen-bond donors (Lipinski definition) is 0. The van der Waals surface area contributed by atoms with Crippen LogP contribution in [0.2, 0.25) is 0 Å². The van der Waals surface area contributed by atoms with Crippen molar-refractivity contribution < 1.29 is 9.47 Å². The van der Waals surface area contributed by atoms with Crippen molar-refractivity contribution in [3.05, 3.63) is 188 Å². The van der Waals surface area contributed by atoms with Crippen LogP contribution in [0, 0.1) is 0 Å². The molecule has 0 radical (unpaired) electrons. The maximum Gasteiger partial charge on any atom is 0.152 e. The Kier molecular flexibility index (Phi) is 7.07. The molecule has 0 amide bonds. The van der Waals surface area contributed by atoms with Gasteiger partial charge in [0.05, 0.1) is 16.7 Å². The summed E-state index contributed by atoms with van der Waals surface area (Å²) < 4.78 is 14.9. The van der Waals surface area contributed by atoms with E-state index in [1.165, 1.54) is 16.3 Å². The van der Waals surface area contributed by atoms with Crippen LogP contribution in [0.1, 0.15) is 0 Å². The maximum atomic E-state index is 6.38. The SMILES string of the molecule is c1ccc(Oc2ccc(N(c3ccc(-c4ccncc4)cc3)c3ccc(-c4cccc5c4c4cccc6c4n5-c4ccccc4O6)cc3)cc2)cc1. The molecule has 0 spiro atoms. The molecule has 3 heterocycles. The Hall–Kier alpha value is -7.11. The van der Waals surface area contributed by atoms with Crippen LogP contribution in [0.25, 0.3) is 49.7 Å². The molecule has 2 aromatic heterocycles. The van der Waals surface area contributed by atoms with Gasteiger partial charge in [-0.1, -0.05) is 78.9 Å². The van der Waals surface area contributed by atoms with Gasteiger partial charge in [0.1, 0.15) is 11.5 Å². The fourth-order valence-corrected chi connectivity index (χ4v) is 7.38. The van der Waals surface area contributed by atoms with Crippen molar-refractivity contribution in [3.8, 4) is 50.9 Å². The Morgan fingerprint density at radius 2 is 1.08 bits per heavy atom. The van der Waals surface area contributed by atoms with E-state index in [9.17, 15) is 0 Å². The molecule has 9 aromatic rings. The summed E-state index contributed by atoms with van der Waals surface area (Å²) in [6.45, 7) is 0. The van der Waals surface area contributed by atoms with Gasteiger partial charge < -0.3 is 18.9 Å². The second-order valence-corrected chi connectivity index (χ2v) is 12.8. The monoisotopic (exact) mass is 669 g/mol. The molecule has 5 heteroatoms. The molecule has 52 heavy (non-hydrogen) atoms. The summed E-state index contributed by atoms with van der Waals surface area (Å²) in [5.41, 5.74) is 11.0. The lowest BCUT2D eigenvalue weighted by atomic mass is 9.99. The van der Waals surface area contributed by atoms with E-state index >= 15 is 0 Å². The van der Waals surface area contributed by atoms with Crippen molar-refractivity contribution in [2.75, 3.05) is 4.90 Å². The molecule has 0 fully saturated rings. The van der Waals surface area contributed by atoms with Crippen molar-refractivity contribution in [2.24, 2.45) is 0 Å². The first-order valence-corrected chi connectivity index (χ1v) is 17.4. The van der Waals surface area contributed by atoms with Gasteiger partial charge in [0.2, 0.25) is 0 Å². The number of fused-ring (bicyclic) bond motifs is 5. The summed E-state index contributed by atoms with van der Waals surface area (Å²) in [6, 6.07) is 60.9. The van der Waals surface area contributed by atoms with Gasteiger partial charge in [-0.3, -0.25) is 4.98 Å². The van der Waals surface area contributed by atoms with Gasteiger partial charge in [-0.25, -0.2) is 0 Å². The van der Waals surface area contributed by atoms with Crippen LogP contribution in [0.3, 0.4) is 0 Å². The van der Waals surface area contributed by atoms with E-state index in [2.05, 4.69) is 124 Å². The second-order valence-electron chi connectivity index (χ2n) is 12.8. The quantitative estimate of drug-likeness (QED) is 0.169. The lowest BCUT2D eigenvalue weighted by Gasteiger charge is -2.26. The lowest BCUT2D eigenvalue weighted by molar-refractivity contribution is 0.476. The number of ether oxygens (including phenoxy) is 2. The van der Waals surface area contributed by atoms with E-state index in [1.807, 2.05) is 79.1 Å². The molecule has 0 aliphatic carbocycles. The normalized spacial score (nSPS) is 11.6. The number of rotatable bonds is 7. The van der Waals surface area contributed by atoms with Gasteiger partial charge in [-0.15, -0.1) is 0 Å². The number of pyridine rings is 1. The lowest BCUT2D eigenvalue weighted by Crippen LogP contribution is -2.09. The second kappa shape index (κ2) is 12.3. The number of benzene rings is 7. The highest BCUT2D eigenvalue weighted by molar-refractivity contribution is 6.17. The van der Waals surface area contributed by atoms with Crippen LogP contribution in [-0.2, 0) is 0 Å². The fourth-order valence-electron chi connectivity index (χ4n) is 7.38. The zero-order valence-corrected chi connectivity index (χ0v) is 28.1. The van der Waals surface area contributed by atoms with Crippen LogP contribution in [0.15, 0.2) is 188 Å². The predicted octanol–water partition coefficient (Wildman–Crippen LogP) is 12.9. The van der Waals surface area contributed by atoms with Crippen LogP contribution in [-0.4, -0.2) is 9.55 Å². The van der Waals surface area contributed by atoms with Gasteiger partial charge in [0.25, 0.3) is 0 Å². The summed E-state index contributed by atoms with van der Waals surface area (Å²) in [6.07, 6.45) is 3.65. The van der Waals surface area contributed by atoms with E-state index in [0.717, 1.165) is 73.5 Å². The van der Waals surface area contributed by atoms with E-state index in [0.29, 0.717) is 0 Å². The van der Waals surface area contributed by atoms with E-state index < -0.39 is 0 Å². The Balaban J connectivity index is 1.06. The third-order valence-corrected chi connectivity index (χ3v) is 9.75. The number of para-hydroxylation sites is 4. The van der Waals surface area contributed by atoms with E-state index in [4.69, 9.17) is 9.47 Å². The molecular formula is C47H31N3O2. The van der Waals surface area contributed by atoms with E-state index in [-0.39, 0.29) is 0 Å². The minimum atomic E-state index is 0.783. The number of hydrogen-bond acceptors (Lipinski definition) is 4. The molecule has 1 aliphatic rings. The summed E-state index contributed by atoms with van der Waals surface area (Å²) in [5, 5.41) is 2.39. The smallest absolute Gasteiger partial charge is 0.152 e. The van der Waals surface area contributed by atoms with Crippen molar-refractivity contribution >= 4 is 38.9 Å². The average Bonchev–Trinajstić information content (AvgIpc) is 3.56.